The number of hydrogen-bond acceptors (Lipinski definition) is 4. The van der Waals surface area contributed by atoms with Gasteiger partial charge in [-0.3, -0.25) is 4.99 Å². The summed E-state index contributed by atoms with van der Waals surface area (Å²) in [6.07, 6.45) is 0. The Balaban J connectivity index is 2.37. The third-order valence-electron chi connectivity index (χ3n) is 3.24. The monoisotopic (exact) mass is 308 g/mol. The molecule has 0 heterocycles. The normalized spacial score (nSPS) is 11.6. The Labute approximate surface area is 133 Å². The molecule has 0 radical (unpaired) electrons. The summed E-state index contributed by atoms with van der Waals surface area (Å²) < 4.78 is 10.9. The lowest BCUT2D eigenvalue weighted by molar-refractivity contribution is 0.150. The molecule has 0 aliphatic heterocycles. The Morgan fingerprint density at radius 1 is 1.27 bits per heavy atom. The van der Waals surface area contributed by atoms with Crippen LogP contribution in [0.4, 0.5) is 0 Å². The zero-order chi connectivity index (χ0) is 16.2. The van der Waals surface area contributed by atoms with E-state index in [0.29, 0.717) is 13.2 Å². The van der Waals surface area contributed by atoms with Gasteiger partial charge < -0.3 is 25.0 Å². The first-order valence-corrected chi connectivity index (χ1v) is 7.47. The lowest BCUT2D eigenvalue weighted by Gasteiger charge is -2.16. The fourth-order valence-corrected chi connectivity index (χ4v) is 1.89. The number of nitrogens with zero attached hydrogens (tertiary/aromatic N) is 2. The lowest BCUT2D eigenvalue weighted by atomic mass is 10.2. The number of aliphatic imine (C=N–C) groups is 1. The van der Waals surface area contributed by atoms with Crippen molar-refractivity contribution in [2.24, 2.45) is 4.99 Å². The first kappa shape index (κ1) is 18.3. The molecular formula is C16H28N4O2. The van der Waals surface area contributed by atoms with E-state index < -0.39 is 0 Å². The minimum Gasteiger partial charge on any atom is -0.492 e. The molecule has 0 unspecified atom stereocenters. The number of ether oxygens (including phenoxy) is 2. The third-order valence-corrected chi connectivity index (χ3v) is 3.24. The Bertz CT molecular complexity index is 452. The van der Waals surface area contributed by atoms with Crippen LogP contribution in [-0.2, 0) is 11.3 Å². The highest BCUT2D eigenvalue weighted by Gasteiger charge is 2.01. The summed E-state index contributed by atoms with van der Waals surface area (Å²) in [5.41, 5.74) is 1.15. The van der Waals surface area contributed by atoms with Crippen molar-refractivity contribution in [1.29, 1.82) is 0 Å². The highest BCUT2D eigenvalue weighted by molar-refractivity contribution is 5.79. The molecule has 0 atom stereocenters. The second-order valence-electron chi connectivity index (χ2n) is 4.97. The van der Waals surface area contributed by atoms with E-state index in [-0.39, 0.29) is 0 Å². The van der Waals surface area contributed by atoms with E-state index in [1.54, 1.807) is 14.2 Å². The van der Waals surface area contributed by atoms with Gasteiger partial charge in [-0.2, -0.15) is 0 Å². The molecule has 0 amide bonds. The summed E-state index contributed by atoms with van der Waals surface area (Å²) in [5.74, 6) is 1.66. The van der Waals surface area contributed by atoms with E-state index in [9.17, 15) is 0 Å². The van der Waals surface area contributed by atoms with Crippen LogP contribution in [0.5, 0.6) is 5.75 Å². The molecule has 0 fully saturated rings. The second kappa shape index (κ2) is 10.9. The molecule has 0 bridgehead atoms. The first-order chi connectivity index (χ1) is 10.7. The maximum absolute atomic E-state index is 5.80. The summed E-state index contributed by atoms with van der Waals surface area (Å²) in [7, 11) is 7.37. The van der Waals surface area contributed by atoms with Gasteiger partial charge in [-0.25, -0.2) is 0 Å². The summed E-state index contributed by atoms with van der Waals surface area (Å²) in [5, 5.41) is 6.21. The van der Waals surface area contributed by atoms with Crippen molar-refractivity contribution >= 4 is 5.96 Å². The van der Waals surface area contributed by atoms with Crippen molar-refractivity contribution in [3.05, 3.63) is 29.8 Å². The van der Waals surface area contributed by atoms with E-state index in [4.69, 9.17) is 9.47 Å². The van der Waals surface area contributed by atoms with E-state index in [2.05, 4.69) is 33.6 Å². The molecule has 22 heavy (non-hydrogen) atoms. The van der Waals surface area contributed by atoms with Crippen molar-refractivity contribution in [3.8, 4) is 5.75 Å². The van der Waals surface area contributed by atoms with Crippen molar-refractivity contribution in [2.45, 2.75) is 6.54 Å². The van der Waals surface area contributed by atoms with Crippen LogP contribution < -0.4 is 15.4 Å². The minimum atomic E-state index is 0.662. The quantitative estimate of drug-likeness (QED) is 0.525. The van der Waals surface area contributed by atoms with Crippen molar-refractivity contribution < 1.29 is 9.47 Å². The Kier molecular flexibility index (Phi) is 9.02. The number of benzene rings is 1. The van der Waals surface area contributed by atoms with E-state index >= 15 is 0 Å². The van der Waals surface area contributed by atoms with E-state index in [1.165, 1.54) is 0 Å². The van der Waals surface area contributed by atoms with Gasteiger partial charge in [0.05, 0.1) is 6.61 Å². The second-order valence-corrected chi connectivity index (χ2v) is 4.97. The number of guanidine groups is 1. The Morgan fingerprint density at radius 2 is 2.05 bits per heavy atom. The Morgan fingerprint density at radius 3 is 2.73 bits per heavy atom. The topological polar surface area (TPSA) is 58.1 Å². The molecule has 6 nitrogen and oxygen atoms in total. The molecule has 0 aliphatic carbocycles. The van der Waals surface area contributed by atoms with Crippen LogP contribution in [0.1, 0.15) is 5.56 Å². The molecule has 1 aromatic carbocycles. The highest BCUT2D eigenvalue weighted by Crippen LogP contribution is 2.13. The van der Waals surface area contributed by atoms with Crippen molar-refractivity contribution in [3.63, 3.8) is 0 Å². The van der Waals surface area contributed by atoms with Crippen LogP contribution in [-0.4, -0.2) is 65.4 Å². The predicted molar refractivity (Wildman–Crippen MR) is 90.6 cm³/mol. The number of methoxy groups -OCH3 is 1. The SMILES string of the molecule is CN=C(NC)NCc1cccc(OCCN(C)CCOC)c1. The van der Waals surface area contributed by atoms with Crippen LogP contribution in [0.15, 0.2) is 29.3 Å². The predicted octanol–water partition coefficient (Wildman–Crippen LogP) is 0.938. The van der Waals surface area contributed by atoms with E-state index in [0.717, 1.165) is 37.0 Å². The van der Waals surface area contributed by atoms with Gasteiger partial charge in [0.1, 0.15) is 12.4 Å². The molecule has 0 spiro atoms. The number of nitrogens with one attached hydrogen (secondary N) is 2. The average molecular weight is 308 g/mol. The van der Waals surface area contributed by atoms with Gasteiger partial charge in [-0.15, -0.1) is 0 Å². The highest BCUT2D eigenvalue weighted by atomic mass is 16.5. The van der Waals surface area contributed by atoms with Gasteiger partial charge in [-0.1, -0.05) is 12.1 Å². The number of hydrogen-bond donors (Lipinski definition) is 2. The summed E-state index contributed by atoms with van der Waals surface area (Å²) in [6.45, 7) is 3.89. The maximum atomic E-state index is 5.80. The molecule has 0 saturated carbocycles. The molecule has 1 aromatic rings. The molecule has 1 rings (SSSR count). The zero-order valence-electron chi connectivity index (χ0n) is 14.1. The lowest BCUT2D eigenvalue weighted by Crippen LogP contribution is -2.34. The molecule has 124 valence electrons. The first-order valence-electron chi connectivity index (χ1n) is 7.47. The molecule has 0 aromatic heterocycles. The van der Waals surface area contributed by atoms with Gasteiger partial charge in [-0.05, 0) is 24.7 Å². The van der Waals surface area contributed by atoms with E-state index in [1.807, 2.05) is 25.2 Å². The smallest absolute Gasteiger partial charge is 0.190 e. The van der Waals surface area contributed by atoms with Gasteiger partial charge >= 0.3 is 0 Å². The van der Waals surface area contributed by atoms with Gasteiger partial charge in [0.25, 0.3) is 0 Å². The van der Waals surface area contributed by atoms with Crippen LogP contribution in [0.2, 0.25) is 0 Å². The average Bonchev–Trinajstić information content (AvgIpc) is 2.54. The van der Waals surface area contributed by atoms with Gasteiger partial charge in [0, 0.05) is 40.8 Å². The largest absolute Gasteiger partial charge is 0.492 e. The third kappa shape index (κ3) is 7.28. The van der Waals surface area contributed by atoms with Gasteiger partial charge in [0.15, 0.2) is 5.96 Å². The number of rotatable bonds is 9. The van der Waals surface area contributed by atoms with Crippen LogP contribution in [0.3, 0.4) is 0 Å². The summed E-state index contributed by atoms with van der Waals surface area (Å²) >= 11 is 0. The molecule has 2 N–H and O–H groups in total. The molecular weight excluding hydrogens is 280 g/mol. The van der Waals surface area contributed by atoms with Crippen LogP contribution in [0.25, 0.3) is 0 Å². The zero-order valence-corrected chi connectivity index (χ0v) is 14.1. The minimum absolute atomic E-state index is 0.662. The fourth-order valence-electron chi connectivity index (χ4n) is 1.89. The number of likely N-dealkylation sites (N-methyl/N-ethyl adjacent to an activating group) is 1. The molecule has 6 heteroatoms. The standard InChI is InChI=1S/C16H28N4O2/c1-17-16(18-2)19-13-14-6-5-7-15(12-14)22-11-9-20(3)8-10-21-4/h5-7,12H,8-11,13H2,1-4H3,(H2,17,18,19). The Hall–Kier alpha value is -1.79. The van der Waals surface area contributed by atoms with Crippen molar-refractivity contribution in [1.82, 2.24) is 15.5 Å². The molecule has 0 aliphatic rings. The molecule has 0 saturated heterocycles. The summed E-state index contributed by atoms with van der Waals surface area (Å²) in [4.78, 5) is 6.27. The van der Waals surface area contributed by atoms with Gasteiger partial charge in [0.2, 0.25) is 0 Å². The maximum Gasteiger partial charge on any atom is 0.190 e. The summed E-state index contributed by atoms with van der Waals surface area (Å²) in [6, 6.07) is 8.09. The van der Waals surface area contributed by atoms with Crippen LogP contribution >= 0.6 is 0 Å². The van der Waals surface area contributed by atoms with Crippen molar-refractivity contribution in [2.75, 3.05) is 54.6 Å². The van der Waals surface area contributed by atoms with Crippen LogP contribution in [0, 0.1) is 0 Å². The fraction of sp³-hybridized carbons (Fsp3) is 0.562.